The maximum atomic E-state index is 15.1. The number of aromatic nitrogens is 4. The molecule has 1 saturated carbocycles. The quantitative estimate of drug-likeness (QED) is 0.229. The molecule has 1 aliphatic heterocycles. The van der Waals surface area contributed by atoms with E-state index >= 15 is 4.39 Å². The smallest absolute Gasteiger partial charge is 0.349 e. The Balaban J connectivity index is 1.64. The Kier molecular flexibility index (Phi) is 7.78. The molecule has 0 unspecified atom stereocenters. The van der Waals surface area contributed by atoms with E-state index in [1.54, 1.807) is 29.2 Å². The Morgan fingerprint density at radius 2 is 1.82 bits per heavy atom. The van der Waals surface area contributed by atoms with Crippen LogP contribution in [0.1, 0.15) is 69.3 Å². The summed E-state index contributed by atoms with van der Waals surface area (Å²) in [5, 5.41) is 0.789. The Hall–Kier alpha value is -4.11. The van der Waals surface area contributed by atoms with Crippen molar-refractivity contribution in [2.45, 2.75) is 71.4 Å². The Morgan fingerprint density at radius 3 is 2.48 bits per heavy atom. The fourth-order valence-electron chi connectivity index (χ4n) is 6.21. The molecule has 228 valence electrons. The van der Waals surface area contributed by atoms with Crippen LogP contribution < -0.4 is 10.6 Å². The van der Waals surface area contributed by atoms with Crippen molar-refractivity contribution in [3.05, 3.63) is 87.3 Å². The number of aryl methyl sites for hydroxylation is 1. The number of amides is 1. The van der Waals surface area contributed by atoms with Gasteiger partial charge in [-0.05, 0) is 75.4 Å². The van der Waals surface area contributed by atoms with Crippen LogP contribution in [0, 0.1) is 12.7 Å². The highest BCUT2D eigenvalue weighted by Gasteiger charge is 2.34. The van der Waals surface area contributed by atoms with E-state index in [4.69, 9.17) is 21.6 Å². The van der Waals surface area contributed by atoms with E-state index in [9.17, 15) is 9.59 Å². The second kappa shape index (κ2) is 11.4. The average Bonchev–Trinajstić information content (AvgIpc) is 3.84. The second-order valence-electron chi connectivity index (χ2n) is 12.3. The molecule has 1 saturated heterocycles. The number of piperazine rings is 1. The monoisotopic (exact) mass is 614 g/mol. The Labute approximate surface area is 261 Å². The highest BCUT2D eigenvalue weighted by Crippen LogP contribution is 2.42. The highest BCUT2D eigenvalue weighted by molar-refractivity contribution is 6.33. The van der Waals surface area contributed by atoms with Crippen molar-refractivity contribution in [1.82, 2.24) is 24.4 Å². The first-order valence-corrected chi connectivity index (χ1v) is 15.5. The molecular weight excluding hydrogens is 579 g/mol. The molecule has 44 heavy (non-hydrogen) atoms. The van der Waals surface area contributed by atoms with Crippen molar-refractivity contribution in [3.63, 3.8) is 0 Å². The van der Waals surface area contributed by atoms with Crippen LogP contribution in [0.5, 0.6) is 0 Å². The molecule has 3 aromatic heterocycles. The van der Waals surface area contributed by atoms with Gasteiger partial charge in [-0.2, -0.15) is 4.98 Å². The van der Waals surface area contributed by atoms with E-state index in [0.29, 0.717) is 41.5 Å². The number of benzene rings is 1. The molecule has 6 rings (SSSR count). The largest absolute Gasteiger partial charge is 0.355 e. The molecule has 2 fully saturated rings. The van der Waals surface area contributed by atoms with Crippen LogP contribution in [0.4, 0.5) is 10.2 Å². The minimum Gasteiger partial charge on any atom is -0.349 e. The summed E-state index contributed by atoms with van der Waals surface area (Å²) in [7, 11) is 0. The summed E-state index contributed by atoms with van der Waals surface area (Å²) >= 11 is 6.84. The molecule has 0 N–H and O–H groups in total. The molecule has 10 heteroatoms. The number of pyridine rings is 2. The number of hydrogen-bond acceptors (Lipinski definition) is 6. The van der Waals surface area contributed by atoms with Gasteiger partial charge in [0.05, 0.1) is 27.5 Å². The van der Waals surface area contributed by atoms with Crippen LogP contribution >= 0.6 is 11.6 Å². The SMILES string of the molecule is C=CC(=O)N1C[C@H](C)N(c2nc(=O)n(-c3c(C)cc(C4CC4)nc3C(C)C)c3nc(-c4ccccc4F)c(Cl)cc23)C[C@H]1C. The summed E-state index contributed by atoms with van der Waals surface area (Å²) in [5.74, 6) is 0.263. The number of rotatable bonds is 6. The minimum absolute atomic E-state index is 0.0127. The van der Waals surface area contributed by atoms with Crippen LogP contribution in [-0.2, 0) is 4.79 Å². The number of hydrogen-bond donors (Lipinski definition) is 0. The van der Waals surface area contributed by atoms with E-state index in [1.807, 2.05) is 25.7 Å². The lowest BCUT2D eigenvalue weighted by atomic mass is 10.0. The molecule has 1 amide bonds. The van der Waals surface area contributed by atoms with Crippen molar-refractivity contribution < 1.29 is 9.18 Å². The number of halogens is 2. The van der Waals surface area contributed by atoms with Gasteiger partial charge >= 0.3 is 5.69 Å². The van der Waals surface area contributed by atoms with Crippen LogP contribution in [0.3, 0.4) is 0 Å². The summed E-state index contributed by atoms with van der Waals surface area (Å²) in [5.41, 5.74) is 3.62. The summed E-state index contributed by atoms with van der Waals surface area (Å²) in [6.45, 7) is 14.5. The van der Waals surface area contributed by atoms with Crippen molar-refractivity contribution in [2.24, 2.45) is 0 Å². The molecule has 4 aromatic rings. The zero-order chi connectivity index (χ0) is 31.4. The van der Waals surface area contributed by atoms with Gasteiger partial charge in [-0.1, -0.05) is 44.2 Å². The van der Waals surface area contributed by atoms with Gasteiger partial charge in [0.25, 0.3) is 0 Å². The zero-order valence-corrected chi connectivity index (χ0v) is 26.4. The fraction of sp³-hybridized carbons (Fsp3) is 0.382. The van der Waals surface area contributed by atoms with Gasteiger partial charge in [0.2, 0.25) is 5.91 Å². The normalized spacial score (nSPS) is 18.7. The second-order valence-corrected chi connectivity index (χ2v) is 12.7. The number of nitrogens with zero attached hydrogens (tertiary/aromatic N) is 6. The van der Waals surface area contributed by atoms with Crippen LogP contribution in [0.15, 0.2) is 53.8 Å². The predicted octanol–water partition coefficient (Wildman–Crippen LogP) is 6.56. The molecule has 0 radical (unpaired) electrons. The number of anilines is 1. The number of fused-ring (bicyclic) bond motifs is 1. The minimum atomic E-state index is -0.516. The molecule has 2 atom stereocenters. The van der Waals surface area contributed by atoms with Crippen molar-refractivity contribution >= 4 is 34.4 Å². The first-order valence-electron chi connectivity index (χ1n) is 15.1. The van der Waals surface area contributed by atoms with Crippen molar-refractivity contribution in [1.29, 1.82) is 0 Å². The third-order valence-electron chi connectivity index (χ3n) is 8.64. The van der Waals surface area contributed by atoms with E-state index in [-0.39, 0.29) is 40.2 Å². The van der Waals surface area contributed by atoms with Gasteiger partial charge < -0.3 is 9.80 Å². The fourth-order valence-corrected chi connectivity index (χ4v) is 6.47. The highest BCUT2D eigenvalue weighted by atomic mass is 35.5. The van der Waals surface area contributed by atoms with Crippen LogP contribution in [-0.4, -0.2) is 55.5 Å². The van der Waals surface area contributed by atoms with Gasteiger partial charge in [-0.3, -0.25) is 9.78 Å². The van der Waals surface area contributed by atoms with Crippen LogP contribution in [0.25, 0.3) is 28.0 Å². The molecule has 0 spiro atoms. The van der Waals surface area contributed by atoms with Gasteiger partial charge in [0, 0.05) is 42.3 Å². The molecule has 4 heterocycles. The lowest BCUT2D eigenvalue weighted by Gasteiger charge is -2.44. The van der Waals surface area contributed by atoms with E-state index < -0.39 is 11.5 Å². The van der Waals surface area contributed by atoms with Crippen LogP contribution in [0.2, 0.25) is 5.02 Å². The maximum Gasteiger partial charge on any atom is 0.355 e. The molecule has 1 aliphatic carbocycles. The summed E-state index contributed by atoms with van der Waals surface area (Å²) in [4.78, 5) is 45.2. The lowest BCUT2D eigenvalue weighted by molar-refractivity contribution is -0.128. The third-order valence-corrected chi connectivity index (χ3v) is 8.93. The number of carbonyl (C=O) groups excluding carboxylic acids is 1. The standard InChI is InChI=1S/C34H36ClFN6O2/c1-7-28(43)40-16-21(6)41(17-20(40)5)32-24-15-25(35)30(23-10-8-9-11-26(23)36)38-33(24)42(34(44)39-32)31-19(4)14-27(22-12-13-22)37-29(31)18(2)3/h7-11,14-15,18,20-22H,1,12-13,16-17H2,2-6H3/t20-,21+/m1/s1. The van der Waals surface area contributed by atoms with E-state index in [2.05, 4.69) is 31.5 Å². The summed E-state index contributed by atoms with van der Waals surface area (Å²) in [6, 6.07) is 9.76. The summed E-state index contributed by atoms with van der Waals surface area (Å²) in [6.07, 6.45) is 3.53. The molecule has 2 aliphatic rings. The van der Waals surface area contributed by atoms with Gasteiger partial charge in [0.15, 0.2) is 5.65 Å². The topological polar surface area (TPSA) is 84.2 Å². The summed E-state index contributed by atoms with van der Waals surface area (Å²) < 4.78 is 16.6. The average molecular weight is 615 g/mol. The first-order chi connectivity index (χ1) is 21.0. The molecular formula is C34H36ClFN6O2. The lowest BCUT2D eigenvalue weighted by Crippen LogP contribution is -2.58. The Morgan fingerprint density at radius 1 is 1.09 bits per heavy atom. The predicted molar refractivity (Wildman–Crippen MR) is 172 cm³/mol. The van der Waals surface area contributed by atoms with Gasteiger partial charge in [-0.15, -0.1) is 0 Å². The third kappa shape index (κ3) is 5.17. The zero-order valence-electron chi connectivity index (χ0n) is 25.6. The van der Waals surface area contributed by atoms with E-state index in [1.165, 1.54) is 16.7 Å². The maximum absolute atomic E-state index is 15.1. The van der Waals surface area contributed by atoms with Gasteiger partial charge in [-0.25, -0.2) is 18.7 Å². The molecule has 1 aromatic carbocycles. The molecule has 0 bridgehead atoms. The van der Waals surface area contributed by atoms with Gasteiger partial charge in [0.1, 0.15) is 11.6 Å². The first kappa shape index (κ1) is 29.9. The van der Waals surface area contributed by atoms with Crippen molar-refractivity contribution in [2.75, 3.05) is 18.0 Å². The number of carbonyl (C=O) groups is 1. The van der Waals surface area contributed by atoms with E-state index in [0.717, 1.165) is 29.8 Å². The van der Waals surface area contributed by atoms with Crippen molar-refractivity contribution in [3.8, 4) is 16.9 Å². The Bertz CT molecular complexity index is 1870. The molecule has 8 nitrogen and oxygen atoms in total.